The molecule has 0 saturated carbocycles. The first-order valence-electron chi connectivity index (χ1n) is 13.9. The van der Waals surface area contributed by atoms with Crippen molar-refractivity contribution in [2.75, 3.05) is 19.0 Å². The summed E-state index contributed by atoms with van der Waals surface area (Å²) in [4.78, 5) is 8.76. The molecule has 0 spiro atoms. The maximum absolute atomic E-state index is 4.64. The average molecular weight is 745 g/mol. The summed E-state index contributed by atoms with van der Waals surface area (Å²) in [7, 11) is 4.72. The van der Waals surface area contributed by atoms with Crippen LogP contribution in [-0.2, 0) is 17.9 Å². The van der Waals surface area contributed by atoms with Crippen molar-refractivity contribution in [3.8, 4) is 0 Å². The number of pyridine rings is 2. The Bertz CT molecular complexity index is 1360. The molecule has 4 aromatic carbocycles. The number of unbranched alkanes of at least 4 members (excludes halogenated alkanes) is 2. The van der Waals surface area contributed by atoms with Gasteiger partial charge in [-0.1, -0.05) is 63.1 Å². The molecular weight excluding hydrogens is 707 g/mol. The fourth-order valence-electron chi connectivity index (χ4n) is 4.55. The molecule has 0 aliphatic carbocycles. The molecule has 40 heavy (non-hydrogen) atoms. The number of benzene rings is 4. The van der Waals surface area contributed by atoms with Gasteiger partial charge in [-0.05, 0) is 54.7 Å². The quantitative estimate of drug-likeness (QED) is 0.0964. The van der Waals surface area contributed by atoms with Crippen LogP contribution in [0.3, 0.4) is 0 Å². The third kappa shape index (κ3) is 9.32. The minimum Gasteiger partial charge on any atom is -0.304 e. The number of hydrogen-bond acceptors (Lipinski definition) is 2. The molecule has 2 nitrogen and oxygen atoms in total. The Balaban J connectivity index is 0.000000163. The van der Waals surface area contributed by atoms with Crippen molar-refractivity contribution in [2.45, 2.75) is 39.5 Å². The zero-order chi connectivity index (χ0) is 28.6. The summed E-state index contributed by atoms with van der Waals surface area (Å²) >= 11 is 1.47. The van der Waals surface area contributed by atoms with E-state index in [4.69, 9.17) is 0 Å². The Morgan fingerprint density at radius 2 is 1.02 bits per heavy atom. The van der Waals surface area contributed by atoms with Gasteiger partial charge in [-0.2, -0.15) is 0 Å². The maximum atomic E-state index is 4.64. The van der Waals surface area contributed by atoms with Crippen LogP contribution in [0.5, 0.6) is 0 Å². The standard InChI is InChI=1S/2C13H8N.C9H21P.ClH.Ir/c2*1-2-6-12-10(4-1)7-8-11-5-3-9-14-13(11)12;1-4-6-8-10(3)9-7-5-2;;/h2*1-5,7-9H;4-9H2,1-3H3;1H;/q2*-1;;;+3. The topological polar surface area (TPSA) is 25.8 Å². The van der Waals surface area contributed by atoms with E-state index in [0.717, 1.165) is 21.8 Å². The first-order valence-corrected chi connectivity index (χ1v) is 19.3. The average Bonchev–Trinajstić information content (AvgIpc) is 3.04. The Morgan fingerprint density at radius 3 is 1.45 bits per heavy atom. The Morgan fingerprint density at radius 1 is 0.625 bits per heavy atom. The van der Waals surface area contributed by atoms with Crippen LogP contribution >= 0.6 is 17.5 Å². The summed E-state index contributed by atoms with van der Waals surface area (Å²) < 4.78 is 0. The second kappa shape index (κ2) is 18.1. The van der Waals surface area contributed by atoms with Crippen LogP contribution in [0.25, 0.3) is 43.4 Å². The summed E-state index contributed by atoms with van der Waals surface area (Å²) in [5.41, 5.74) is 2.07. The minimum atomic E-state index is 0.0851. The molecule has 6 rings (SSSR count). The van der Waals surface area contributed by atoms with E-state index in [1.54, 1.807) is 12.3 Å². The van der Waals surface area contributed by atoms with Gasteiger partial charge in [-0.25, -0.2) is 0 Å². The first-order chi connectivity index (χ1) is 19.7. The molecule has 2 aromatic heterocycles. The SMILES string of the molecule is CCCC[PH+](C)CCCC.[Cl][Ir+2].[c-]1cccc2ccc3cccnc3c12.[c-]1cccc2ccc3cccnc3c12. The molecular formula is C35H38ClIrN2P+. The summed E-state index contributed by atoms with van der Waals surface area (Å²) in [6.07, 6.45) is 12.4. The van der Waals surface area contributed by atoms with Gasteiger partial charge in [-0.15, -0.1) is 70.1 Å². The molecule has 0 radical (unpaired) electrons. The van der Waals surface area contributed by atoms with Crippen molar-refractivity contribution in [2.24, 2.45) is 0 Å². The third-order valence-electron chi connectivity index (χ3n) is 6.73. The maximum Gasteiger partial charge on any atom is 0.0161 e. The van der Waals surface area contributed by atoms with E-state index < -0.39 is 0 Å². The molecule has 0 aliphatic rings. The van der Waals surface area contributed by atoms with Crippen LogP contribution in [0.2, 0.25) is 0 Å². The first kappa shape index (κ1) is 32.1. The van der Waals surface area contributed by atoms with E-state index in [2.05, 4.69) is 101 Å². The number of hydrogen-bond donors (Lipinski definition) is 0. The molecule has 6 aromatic rings. The van der Waals surface area contributed by atoms with Gasteiger partial charge in [0.2, 0.25) is 0 Å². The smallest absolute Gasteiger partial charge is 0.0161 e. The molecule has 0 saturated heterocycles. The van der Waals surface area contributed by atoms with Gasteiger partial charge >= 0.3 is 27.5 Å². The number of halogens is 1. The fraction of sp³-hybridized carbons (Fsp3) is 0.257. The molecule has 0 amide bonds. The van der Waals surface area contributed by atoms with Crippen LogP contribution in [0, 0.1) is 12.1 Å². The summed E-state index contributed by atoms with van der Waals surface area (Å²) in [6, 6.07) is 34.9. The monoisotopic (exact) mass is 745 g/mol. The predicted octanol–water partition coefficient (Wildman–Crippen LogP) is 10.5. The van der Waals surface area contributed by atoms with E-state index in [0.29, 0.717) is 0 Å². The van der Waals surface area contributed by atoms with Gasteiger partial charge in [0.1, 0.15) is 0 Å². The van der Waals surface area contributed by atoms with Crippen molar-refractivity contribution in [1.29, 1.82) is 0 Å². The van der Waals surface area contributed by atoms with Crippen molar-refractivity contribution < 1.29 is 17.9 Å². The van der Waals surface area contributed by atoms with Crippen LogP contribution in [-0.4, -0.2) is 29.0 Å². The molecule has 0 atom stereocenters. The third-order valence-corrected chi connectivity index (χ3v) is 9.14. The van der Waals surface area contributed by atoms with Gasteiger partial charge in [-0.3, -0.25) is 0 Å². The van der Waals surface area contributed by atoms with Crippen LogP contribution in [0.4, 0.5) is 0 Å². The normalized spacial score (nSPS) is 10.4. The van der Waals surface area contributed by atoms with E-state index in [1.165, 1.54) is 65.1 Å². The van der Waals surface area contributed by atoms with Crippen LogP contribution in [0.1, 0.15) is 39.5 Å². The molecule has 0 aliphatic heterocycles. The van der Waals surface area contributed by atoms with Crippen molar-refractivity contribution in [3.05, 3.63) is 109 Å². The second-order valence-electron chi connectivity index (χ2n) is 9.71. The van der Waals surface area contributed by atoms with E-state index in [9.17, 15) is 0 Å². The van der Waals surface area contributed by atoms with Crippen molar-refractivity contribution in [3.63, 3.8) is 0 Å². The zero-order valence-corrected chi connectivity index (χ0v) is 27.7. The van der Waals surface area contributed by atoms with Crippen molar-refractivity contribution >= 4 is 60.9 Å². The van der Waals surface area contributed by atoms with Gasteiger partial charge in [0, 0.05) is 19.1 Å². The number of fused-ring (bicyclic) bond motifs is 6. The van der Waals surface area contributed by atoms with Crippen molar-refractivity contribution in [1.82, 2.24) is 9.97 Å². The van der Waals surface area contributed by atoms with E-state index >= 15 is 0 Å². The number of aromatic nitrogens is 2. The van der Waals surface area contributed by atoms with Gasteiger partial charge in [0.05, 0.1) is 12.3 Å². The molecule has 0 unspecified atom stereocenters. The summed E-state index contributed by atoms with van der Waals surface area (Å²) in [5, 5.41) is 6.93. The molecule has 0 fully saturated rings. The van der Waals surface area contributed by atoms with E-state index in [-0.39, 0.29) is 7.92 Å². The largest absolute Gasteiger partial charge is 0.304 e. The van der Waals surface area contributed by atoms with Crippen LogP contribution in [0.15, 0.2) is 97.3 Å². The fourth-order valence-corrected chi connectivity index (χ4v) is 6.72. The van der Waals surface area contributed by atoms with E-state index in [1.807, 2.05) is 48.8 Å². The predicted molar refractivity (Wildman–Crippen MR) is 176 cm³/mol. The molecule has 208 valence electrons. The van der Waals surface area contributed by atoms with Gasteiger partial charge in [0.25, 0.3) is 0 Å². The number of rotatable bonds is 6. The molecule has 5 heteroatoms. The Hall–Kier alpha value is -2.41. The molecule has 2 heterocycles. The van der Waals surface area contributed by atoms with Gasteiger partial charge in [0.15, 0.2) is 0 Å². The summed E-state index contributed by atoms with van der Waals surface area (Å²) in [6.45, 7) is 7.06. The Labute approximate surface area is 255 Å². The molecule has 0 N–H and O–H groups in total. The minimum absolute atomic E-state index is 0.0851. The summed E-state index contributed by atoms with van der Waals surface area (Å²) in [5.74, 6) is 0. The Kier molecular flexibility index (Phi) is 14.5. The molecule has 0 bridgehead atoms. The second-order valence-corrected chi connectivity index (χ2v) is 12.6. The zero-order valence-electron chi connectivity index (χ0n) is 23.6. The van der Waals surface area contributed by atoms with Gasteiger partial charge < -0.3 is 9.97 Å². The number of nitrogens with zero attached hydrogens (tertiary/aromatic N) is 2. The van der Waals surface area contributed by atoms with Crippen LogP contribution < -0.4 is 0 Å².